The SMILES string of the molecule is Nc1nc(=O)n(C(c2ccccc2)C2C=CC=C2)cc1I. The van der Waals surface area contributed by atoms with E-state index in [1.165, 1.54) is 0 Å². The molecule has 0 radical (unpaired) electrons. The molecular weight excluding hydrogens is 377 g/mol. The van der Waals surface area contributed by atoms with E-state index in [1.807, 2.05) is 42.5 Å². The van der Waals surface area contributed by atoms with Gasteiger partial charge in [-0.15, -0.1) is 0 Å². The number of hydrogen-bond acceptors (Lipinski definition) is 3. The Morgan fingerprint density at radius 2 is 1.86 bits per heavy atom. The normalized spacial score (nSPS) is 15.5. The minimum absolute atomic E-state index is 0.115. The summed E-state index contributed by atoms with van der Waals surface area (Å²) >= 11 is 2.10. The lowest BCUT2D eigenvalue weighted by Crippen LogP contribution is -2.31. The molecule has 21 heavy (non-hydrogen) atoms. The van der Waals surface area contributed by atoms with Gasteiger partial charge in [-0.1, -0.05) is 54.6 Å². The number of hydrogen-bond donors (Lipinski definition) is 1. The quantitative estimate of drug-likeness (QED) is 0.819. The predicted molar refractivity (Wildman–Crippen MR) is 92.0 cm³/mol. The third-order valence-corrected chi connectivity index (χ3v) is 4.35. The molecule has 0 amide bonds. The Morgan fingerprint density at radius 1 is 1.19 bits per heavy atom. The van der Waals surface area contributed by atoms with Crippen molar-refractivity contribution in [3.8, 4) is 0 Å². The fraction of sp³-hybridized carbons (Fsp3) is 0.125. The number of allylic oxidation sites excluding steroid dienone is 4. The summed E-state index contributed by atoms with van der Waals surface area (Å²) < 4.78 is 2.44. The molecule has 0 fully saturated rings. The number of nitrogen functional groups attached to an aromatic ring is 1. The summed E-state index contributed by atoms with van der Waals surface area (Å²) in [5.41, 5.74) is 6.47. The molecule has 1 atom stereocenters. The van der Waals surface area contributed by atoms with Crippen molar-refractivity contribution >= 4 is 28.4 Å². The van der Waals surface area contributed by atoms with Gasteiger partial charge in [0.05, 0.1) is 9.61 Å². The van der Waals surface area contributed by atoms with Gasteiger partial charge in [0, 0.05) is 12.1 Å². The minimum atomic E-state index is -0.324. The molecule has 0 spiro atoms. The van der Waals surface area contributed by atoms with Crippen LogP contribution >= 0.6 is 22.6 Å². The molecule has 1 aromatic carbocycles. The van der Waals surface area contributed by atoms with Crippen LogP contribution in [0.2, 0.25) is 0 Å². The van der Waals surface area contributed by atoms with Crippen LogP contribution in [0.3, 0.4) is 0 Å². The Morgan fingerprint density at radius 3 is 2.52 bits per heavy atom. The molecule has 0 saturated carbocycles. The summed E-state index contributed by atoms with van der Waals surface area (Å²) in [6.45, 7) is 0. The van der Waals surface area contributed by atoms with Crippen molar-refractivity contribution in [2.75, 3.05) is 5.73 Å². The molecule has 2 aromatic rings. The van der Waals surface area contributed by atoms with Gasteiger partial charge in [-0.3, -0.25) is 4.57 Å². The second kappa shape index (κ2) is 5.85. The van der Waals surface area contributed by atoms with Crippen molar-refractivity contribution < 1.29 is 0 Å². The number of nitrogens with two attached hydrogens (primary N) is 1. The minimum Gasteiger partial charge on any atom is -0.383 e. The van der Waals surface area contributed by atoms with Crippen LogP contribution in [0.1, 0.15) is 11.6 Å². The second-order valence-electron chi connectivity index (χ2n) is 4.87. The third kappa shape index (κ3) is 2.78. The number of halogens is 1. The zero-order chi connectivity index (χ0) is 14.8. The highest BCUT2D eigenvalue weighted by atomic mass is 127. The first-order chi connectivity index (χ1) is 10.2. The van der Waals surface area contributed by atoms with Gasteiger partial charge < -0.3 is 5.73 Å². The lowest BCUT2D eigenvalue weighted by atomic mass is 9.94. The molecule has 1 aromatic heterocycles. The van der Waals surface area contributed by atoms with E-state index in [4.69, 9.17) is 5.73 Å². The molecular formula is C16H14IN3O. The van der Waals surface area contributed by atoms with Gasteiger partial charge in [-0.25, -0.2) is 4.79 Å². The fourth-order valence-corrected chi connectivity index (χ4v) is 2.96. The fourth-order valence-electron chi connectivity index (χ4n) is 2.53. The van der Waals surface area contributed by atoms with Crippen LogP contribution in [0.15, 0.2) is 65.6 Å². The van der Waals surface area contributed by atoms with E-state index in [2.05, 4.69) is 39.7 Å². The van der Waals surface area contributed by atoms with Crippen molar-refractivity contribution in [3.05, 3.63) is 80.5 Å². The molecule has 5 heteroatoms. The molecule has 0 aliphatic heterocycles. The summed E-state index contributed by atoms with van der Waals surface area (Å²) in [5.74, 6) is 0.410. The van der Waals surface area contributed by atoms with E-state index < -0.39 is 0 Å². The van der Waals surface area contributed by atoms with E-state index in [9.17, 15) is 4.79 Å². The van der Waals surface area contributed by atoms with Crippen LogP contribution in [0, 0.1) is 9.49 Å². The number of rotatable bonds is 3. The van der Waals surface area contributed by atoms with Gasteiger partial charge in [0.2, 0.25) is 0 Å². The van der Waals surface area contributed by atoms with E-state index in [0.717, 1.165) is 9.13 Å². The lowest BCUT2D eigenvalue weighted by Gasteiger charge is -2.24. The second-order valence-corrected chi connectivity index (χ2v) is 6.03. The third-order valence-electron chi connectivity index (χ3n) is 3.52. The predicted octanol–water partition coefficient (Wildman–Crippen LogP) is 2.76. The summed E-state index contributed by atoms with van der Waals surface area (Å²) in [6, 6.07) is 9.86. The average molecular weight is 391 g/mol. The first-order valence-electron chi connectivity index (χ1n) is 6.61. The first-order valence-corrected chi connectivity index (χ1v) is 7.69. The van der Waals surface area contributed by atoms with Gasteiger partial charge in [0.15, 0.2) is 0 Å². The molecule has 1 aliphatic rings. The highest BCUT2D eigenvalue weighted by molar-refractivity contribution is 14.1. The summed E-state index contributed by atoms with van der Waals surface area (Å²) in [5, 5.41) is 0. The maximum atomic E-state index is 12.3. The monoisotopic (exact) mass is 391 g/mol. The maximum Gasteiger partial charge on any atom is 0.350 e. The molecule has 1 unspecified atom stereocenters. The molecule has 1 heterocycles. The molecule has 2 N–H and O–H groups in total. The van der Waals surface area contributed by atoms with Crippen LogP contribution in [0.5, 0.6) is 0 Å². The Bertz CT molecular complexity index is 753. The molecule has 3 rings (SSSR count). The maximum absolute atomic E-state index is 12.3. The summed E-state index contributed by atoms with van der Waals surface area (Å²) in [7, 11) is 0. The zero-order valence-electron chi connectivity index (χ0n) is 11.2. The van der Waals surface area contributed by atoms with Gasteiger partial charge in [-0.2, -0.15) is 4.98 Å². The average Bonchev–Trinajstić information content (AvgIpc) is 3.00. The number of aromatic nitrogens is 2. The molecule has 106 valence electrons. The van der Waals surface area contributed by atoms with E-state index in [0.29, 0.717) is 0 Å². The Labute approximate surface area is 136 Å². The molecule has 0 saturated heterocycles. The standard InChI is InChI=1S/C16H14IN3O/c17-13-10-20(16(21)19-15(13)18)14(12-8-4-5-9-12)11-6-2-1-3-7-11/h1-10,12,14H,(H2,18,19,21). The molecule has 4 nitrogen and oxygen atoms in total. The van der Waals surface area contributed by atoms with Crippen LogP contribution < -0.4 is 11.4 Å². The smallest absolute Gasteiger partial charge is 0.350 e. The number of benzene rings is 1. The van der Waals surface area contributed by atoms with Crippen LogP contribution in [-0.4, -0.2) is 9.55 Å². The highest BCUT2D eigenvalue weighted by Gasteiger charge is 2.24. The van der Waals surface area contributed by atoms with Crippen molar-refractivity contribution in [1.29, 1.82) is 0 Å². The Hall–Kier alpha value is -1.89. The van der Waals surface area contributed by atoms with Crippen LogP contribution in [0.25, 0.3) is 0 Å². The summed E-state index contributed by atoms with van der Waals surface area (Å²) in [4.78, 5) is 16.2. The van der Waals surface area contributed by atoms with Crippen LogP contribution in [-0.2, 0) is 0 Å². The van der Waals surface area contributed by atoms with E-state index in [-0.39, 0.29) is 23.5 Å². The van der Waals surface area contributed by atoms with Crippen molar-refractivity contribution in [3.63, 3.8) is 0 Å². The van der Waals surface area contributed by atoms with Crippen molar-refractivity contribution in [2.24, 2.45) is 5.92 Å². The summed E-state index contributed by atoms with van der Waals surface area (Å²) in [6.07, 6.45) is 9.96. The van der Waals surface area contributed by atoms with Crippen LogP contribution in [0.4, 0.5) is 5.82 Å². The topological polar surface area (TPSA) is 60.9 Å². The highest BCUT2D eigenvalue weighted by Crippen LogP contribution is 2.30. The Balaban J connectivity index is 2.16. The number of anilines is 1. The van der Waals surface area contributed by atoms with Gasteiger partial charge in [0.25, 0.3) is 0 Å². The Kier molecular flexibility index (Phi) is 3.92. The largest absolute Gasteiger partial charge is 0.383 e. The van der Waals surface area contributed by atoms with Crippen molar-refractivity contribution in [1.82, 2.24) is 9.55 Å². The number of nitrogens with zero attached hydrogens (tertiary/aromatic N) is 2. The molecule has 0 bridgehead atoms. The lowest BCUT2D eigenvalue weighted by molar-refractivity contribution is 0.489. The molecule has 1 aliphatic carbocycles. The van der Waals surface area contributed by atoms with Gasteiger partial charge >= 0.3 is 5.69 Å². The van der Waals surface area contributed by atoms with Gasteiger partial charge in [-0.05, 0) is 28.2 Å². The van der Waals surface area contributed by atoms with E-state index >= 15 is 0 Å². The zero-order valence-corrected chi connectivity index (χ0v) is 13.3. The van der Waals surface area contributed by atoms with Gasteiger partial charge in [0.1, 0.15) is 5.82 Å². The van der Waals surface area contributed by atoms with E-state index in [1.54, 1.807) is 10.8 Å². The first kappa shape index (κ1) is 14.1. The van der Waals surface area contributed by atoms with Crippen molar-refractivity contribution in [2.45, 2.75) is 6.04 Å².